The van der Waals surface area contributed by atoms with Crippen LogP contribution in [0.2, 0.25) is 0 Å². The Labute approximate surface area is 239 Å². The second-order valence-electron chi connectivity index (χ2n) is 10.6. The molecule has 1 fully saturated rings. The molecule has 3 aliphatic heterocycles. The zero-order chi connectivity index (χ0) is 26.4. The van der Waals surface area contributed by atoms with Gasteiger partial charge in [0.05, 0.1) is 22.6 Å². The van der Waals surface area contributed by atoms with E-state index in [9.17, 15) is 0 Å². The van der Waals surface area contributed by atoms with E-state index in [4.69, 9.17) is 4.99 Å². The average molecular weight is 581 g/mol. The lowest BCUT2D eigenvalue weighted by atomic mass is 9.85. The van der Waals surface area contributed by atoms with Crippen LogP contribution in [0.1, 0.15) is 35.4 Å². The molecule has 39 heavy (non-hydrogen) atoms. The molecule has 0 unspecified atom stereocenters. The highest BCUT2D eigenvalue weighted by atomic mass is 79.9. The number of aromatic nitrogens is 1. The number of pyridine rings is 1. The summed E-state index contributed by atoms with van der Waals surface area (Å²) in [6, 6.07) is 26.0. The minimum Gasteiger partial charge on any atom is -0.384 e. The third-order valence-corrected chi connectivity index (χ3v) is 8.68. The number of fused-ring (bicyclic) bond motifs is 1. The van der Waals surface area contributed by atoms with E-state index >= 15 is 0 Å². The number of halogens is 1. The second kappa shape index (κ2) is 12.2. The summed E-state index contributed by atoms with van der Waals surface area (Å²) in [5, 5.41) is 3.70. The molecule has 0 bridgehead atoms. The zero-order valence-electron chi connectivity index (χ0n) is 22.1. The van der Waals surface area contributed by atoms with Crippen LogP contribution in [0.4, 0.5) is 0 Å². The zero-order valence-corrected chi connectivity index (χ0v) is 23.7. The van der Waals surface area contributed by atoms with Gasteiger partial charge in [0.1, 0.15) is 0 Å². The van der Waals surface area contributed by atoms with Crippen LogP contribution in [0.3, 0.4) is 0 Å². The third-order valence-electron chi connectivity index (χ3n) is 8.07. The number of allylic oxidation sites excluding steroid dienone is 2. The molecule has 0 amide bonds. The maximum atomic E-state index is 5.21. The molecule has 1 aromatic heterocycles. The van der Waals surface area contributed by atoms with Gasteiger partial charge in [-0.3, -0.25) is 15.0 Å². The Morgan fingerprint density at radius 1 is 0.923 bits per heavy atom. The highest BCUT2D eigenvalue weighted by molar-refractivity contribution is 9.12. The van der Waals surface area contributed by atoms with Crippen molar-refractivity contribution >= 4 is 27.9 Å². The van der Waals surface area contributed by atoms with Crippen molar-refractivity contribution in [2.45, 2.75) is 25.3 Å². The predicted octanol–water partition coefficient (Wildman–Crippen LogP) is 6.36. The Hall–Kier alpha value is -3.35. The number of hydrogen-bond donors (Lipinski definition) is 1. The van der Waals surface area contributed by atoms with Crippen LogP contribution in [0.5, 0.6) is 0 Å². The maximum absolute atomic E-state index is 5.21. The van der Waals surface area contributed by atoms with Crippen molar-refractivity contribution in [3.8, 4) is 0 Å². The molecule has 1 saturated heterocycles. The van der Waals surface area contributed by atoms with Gasteiger partial charge in [-0.05, 0) is 70.7 Å². The summed E-state index contributed by atoms with van der Waals surface area (Å²) in [6.45, 7) is 4.67. The van der Waals surface area contributed by atoms with Crippen molar-refractivity contribution in [1.82, 2.24) is 15.2 Å². The Bertz CT molecular complexity index is 1330. The van der Waals surface area contributed by atoms with E-state index in [-0.39, 0.29) is 5.92 Å². The number of nitrogens with zero attached hydrogens (tertiary/aromatic N) is 4. The fourth-order valence-electron chi connectivity index (χ4n) is 5.90. The maximum Gasteiger partial charge on any atom is 0.0672 e. The molecule has 5 nitrogen and oxygen atoms in total. The first-order chi connectivity index (χ1) is 19.2. The smallest absolute Gasteiger partial charge is 0.0672 e. The number of hydrogen-bond acceptors (Lipinski definition) is 5. The lowest BCUT2D eigenvalue weighted by molar-refractivity contribution is 0.204. The van der Waals surface area contributed by atoms with Crippen molar-refractivity contribution < 1.29 is 0 Å². The first-order valence-corrected chi connectivity index (χ1v) is 14.7. The quantitative estimate of drug-likeness (QED) is 0.338. The van der Waals surface area contributed by atoms with Gasteiger partial charge < -0.3 is 10.2 Å². The predicted molar refractivity (Wildman–Crippen MR) is 163 cm³/mol. The van der Waals surface area contributed by atoms with Crippen LogP contribution in [0, 0.1) is 11.8 Å². The van der Waals surface area contributed by atoms with Gasteiger partial charge in [0.2, 0.25) is 0 Å². The summed E-state index contributed by atoms with van der Waals surface area (Å²) < 4.78 is 0.996. The van der Waals surface area contributed by atoms with E-state index in [1.165, 1.54) is 28.1 Å². The normalized spacial score (nSPS) is 20.0. The van der Waals surface area contributed by atoms with Gasteiger partial charge in [0, 0.05) is 54.9 Å². The van der Waals surface area contributed by atoms with E-state index in [1.54, 1.807) is 0 Å². The van der Waals surface area contributed by atoms with Crippen molar-refractivity contribution in [2.24, 2.45) is 21.8 Å². The van der Waals surface area contributed by atoms with Crippen molar-refractivity contribution in [3.63, 3.8) is 0 Å². The molecule has 0 radical (unpaired) electrons. The molecular weight excluding hydrogens is 546 g/mol. The molecule has 6 rings (SSSR count). The van der Waals surface area contributed by atoms with Gasteiger partial charge in [-0.25, -0.2) is 0 Å². The average Bonchev–Trinajstić information content (AvgIpc) is 3.00. The summed E-state index contributed by atoms with van der Waals surface area (Å²) in [5.41, 5.74) is 7.46. The minimum atomic E-state index is 0.169. The van der Waals surface area contributed by atoms with Gasteiger partial charge >= 0.3 is 0 Å². The minimum absolute atomic E-state index is 0.169. The van der Waals surface area contributed by atoms with E-state index in [0.29, 0.717) is 11.8 Å². The molecule has 1 atom stereocenters. The fraction of sp³-hybridized carbons (Fsp3) is 0.303. The highest BCUT2D eigenvalue weighted by Gasteiger charge is 2.32. The number of piperidine rings is 1. The van der Waals surface area contributed by atoms with Crippen LogP contribution >= 0.6 is 15.9 Å². The fourth-order valence-corrected chi connectivity index (χ4v) is 6.41. The molecular formula is C33H34BrN5. The van der Waals surface area contributed by atoms with Crippen molar-refractivity contribution in [3.05, 3.63) is 124 Å². The number of benzene rings is 2. The summed E-state index contributed by atoms with van der Waals surface area (Å²) in [6.07, 6.45) is 10.2. The van der Waals surface area contributed by atoms with E-state index < -0.39 is 0 Å². The van der Waals surface area contributed by atoms with Crippen LogP contribution in [-0.4, -0.2) is 48.0 Å². The summed E-state index contributed by atoms with van der Waals surface area (Å²) >= 11 is 3.74. The number of rotatable bonds is 8. The summed E-state index contributed by atoms with van der Waals surface area (Å²) in [7, 11) is 0. The number of dihydropyridines is 2. The first kappa shape index (κ1) is 25.9. The third kappa shape index (κ3) is 6.13. The number of aliphatic imine (C=N–C) groups is 2. The molecule has 1 N–H and O–H groups in total. The van der Waals surface area contributed by atoms with Gasteiger partial charge in [0.25, 0.3) is 0 Å². The van der Waals surface area contributed by atoms with Crippen LogP contribution in [0.25, 0.3) is 0 Å². The molecule has 6 heteroatoms. The van der Waals surface area contributed by atoms with Gasteiger partial charge in [-0.2, -0.15) is 0 Å². The first-order valence-electron chi connectivity index (χ1n) is 13.9. The Balaban J connectivity index is 1.16. The molecule has 2 aromatic carbocycles. The Morgan fingerprint density at radius 3 is 2.31 bits per heavy atom. The highest BCUT2D eigenvalue weighted by Crippen LogP contribution is 2.35. The summed E-state index contributed by atoms with van der Waals surface area (Å²) in [4.78, 5) is 16.7. The molecule has 0 saturated carbocycles. The lowest BCUT2D eigenvalue weighted by Gasteiger charge is -2.36. The van der Waals surface area contributed by atoms with Crippen molar-refractivity contribution in [1.29, 1.82) is 0 Å². The van der Waals surface area contributed by atoms with Gasteiger partial charge in [-0.1, -0.05) is 66.7 Å². The molecule has 3 aromatic rings. The van der Waals surface area contributed by atoms with Crippen LogP contribution in [-0.2, 0) is 6.54 Å². The standard InChI is InChI=1S/C33H34BrN5/c34-30-22-36-21-28-32(37-20-24-8-7-15-35-19-24)18-31(38-33(28)30)27-13-16-39(17-14-27)23-29(25-9-3-1-4-10-25)26-11-5-2-6-12-26/h1-12,15,18-19,22,27-29,37H,13-14,16-17,20-21,23H2/t28-/m1/s1. The van der Waals surface area contributed by atoms with E-state index in [2.05, 4.69) is 109 Å². The Morgan fingerprint density at radius 2 is 1.64 bits per heavy atom. The topological polar surface area (TPSA) is 52.9 Å². The molecule has 0 spiro atoms. The molecule has 4 heterocycles. The van der Waals surface area contributed by atoms with Gasteiger partial charge in [-0.15, -0.1) is 0 Å². The van der Waals surface area contributed by atoms with Crippen molar-refractivity contribution in [2.75, 3.05) is 26.2 Å². The van der Waals surface area contributed by atoms with E-state index in [0.717, 1.165) is 55.7 Å². The second-order valence-corrected chi connectivity index (χ2v) is 11.4. The van der Waals surface area contributed by atoms with Gasteiger partial charge in [0.15, 0.2) is 0 Å². The summed E-state index contributed by atoms with van der Waals surface area (Å²) in [5.74, 6) is 1.00. The molecule has 3 aliphatic rings. The van der Waals surface area contributed by atoms with Crippen LogP contribution in [0.15, 0.2) is 117 Å². The van der Waals surface area contributed by atoms with Crippen LogP contribution < -0.4 is 5.32 Å². The monoisotopic (exact) mass is 579 g/mol. The number of likely N-dealkylation sites (tertiary alicyclic amines) is 1. The van der Waals surface area contributed by atoms with E-state index in [1.807, 2.05) is 24.7 Å². The largest absolute Gasteiger partial charge is 0.384 e. The molecule has 198 valence electrons. The lowest BCUT2D eigenvalue weighted by Crippen LogP contribution is -2.39. The number of nitrogens with one attached hydrogen (secondary N) is 1. The SMILES string of the molecule is BrC1=C2N=C(C3CCN(CC(c4ccccc4)c4ccccc4)CC3)C=C(NCc3cccnc3)[C@H]2CN=C1. The Kier molecular flexibility index (Phi) is 8.12. The molecule has 0 aliphatic carbocycles.